The molecule has 2 aromatic rings. The van der Waals surface area contributed by atoms with Crippen molar-refractivity contribution in [3.63, 3.8) is 0 Å². The minimum Gasteiger partial charge on any atom is -0.342 e. The Kier molecular flexibility index (Phi) is 3.70. The monoisotopic (exact) mass is 285 g/mol. The van der Waals surface area contributed by atoms with E-state index in [0.29, 0.717) is 18.3 Å². The Labute approximate surface area is 125 Å². The summed E-state index contributed by atoms with van der Waals surface area (Å²) in [6, 6.07) is 6.20. The first kappa shape index (κ1) is 14.1. The van der Waals surface area contributed by atoms with Crippen LogP contribution in [0.25, 0.3) is 5.52 Å². The molecule has 0 bridgehead atoms. The molecule has 112 valence electrons. The van der Waals surface area contributed by atoms with Crippen molar-refractivity contribution in [3.8, 4) is 0 Å². The van der Waals surface area contributed by atoms with Gasteiger partial charge in [-0.2, -0.15) is 0 Å². The standard InChI is InChI=1S/C17H23N3O/c1-12(2)10-16(21)19-9-7-14(11-19)17-15-6-4-5-8-20(15)13(3)18-17/h4-6,8,12,14H,7,9-11H2,1-3H3/t14-/m0/s1. The van der Waals surface area contributed by atoms with Crippen LogP contribution in [0.4, 0.5) is 0 Å². The van der Waals surface area contributed by atoms with Crippen LogP contribution in [0, 0.1) is 12.8 Å². The number of pyridine rings is 1. The number of fused-ring (bicyclic) bond motifs is 1. The predicted molar refractivity (Wildman–Crippen MR) is 83.3 cm³/mol. The summed E-state index contributed by atoms with van der Waals surface area (Å²) >= 11 is 0. The summed E-state index contributed by atoms with van der Waals surface area (Å²) in [7, 11) is 0. The number of amides is 1. The summed E-state index contributed by atoms with van der Waals surface area (Å²) in [5.41, 5.74) is 2.33. The highest BCUT2D eigenvalue weighted by molar-refractivity contribution is 5.77. The average molecular weight is 285 g/mol. The van der Waals surface area contributed by atoms with Crippen LogP contribution in [0.1, 0.15) is 44.1 Å². The van der Waals surface area contributed by atoms with Gasteiger partial charge in [0.15, 0.2) is 0 Å². The van der Waals surface area contributed by atoms with Gasteiger partial charge in [-0.25, -0.2) is 4.98 Å². The van der Waals surface area contributed by atoms with Crippen molar-refractivity contribution < 1.29 is 4.79 Å². The van der Waals surface area contributed by atoms with Crippen LogP contribution in [0.3, 0.4) is 0 Å². The zero-order chi connectivity index (χ0) is 15.0. The molecule has 1 saturated heterocycles. The van der Waals surface area contributed by atoms with Crippen molar-refractivity contribution in [3.05, 3.63) is 35.9 Å². The number of aryl methyl sites for hydroxylation is 1. The van der Waals surface area contributed by atoms with E-state index in [4.69, 9.17) is 4.98 Å². The van der Waals surface area contributed by atoms with Crippen LogP contribution < -0.4 is 0 Å². The van der Waals surface area contributed by atoms with Gasteiger partial charge in [0, 0.05) is 31.6 Å². The topological polar surface area (TPSA) is 37.6 Å². The number of carbonyl (C=O) groups excluding carboxylic acids is 1. The number of aromatic nitrogens is 2. The van der Waals surface area contributed by atoms with Gasteiger partial charge in [-0.05, 0) is 31.4 Å². The summed E-state index contributed by atoms with van der Waals surface area (Å²) in [5.74, 6) is 2.10. The molecule has 1 fully saturated rings. The van der Waals surface area contributed by atoms with Crippen molar-refractivity contribution in [2.24, 2.45) is 5.92 Å². The van der Waals surface area contributed by atoms with Crippen LogP contribution in [0.15, 0.2) is 24.4 Å². The normalized spacial score (nSPS) is 18.9. The van der Waals surface area contributed by atoms with Crippen LogP contribution in [-0.4, -0.2) is 33.3 Å². The molecule has 2 aromatic heterocycles. The second-order valence-electron chi connectivity index (χ2n) is 6.42. The zero-order valence-electron chi connectivity index (χ0n) is 13.0. The van der Waals surface area contributed by atoms with Crippen LogP contribution >= 0.6 is 0 Å². The minimum atomic E-state index is 0.285. The van der Waals surface area contributed by atoms with Crippen molar-refractivity contribution in [1.29, 1.82) is 0 Å². The van der Waals surface area contributed by atoms with Crippen LogP contribution in [0.2, 0.25) is 0 Å². The summed E-state index contributed by atoms with van der Waals surface area (Å²) in [4.78, 5) is 19.0. The van der Waals surface area contributed by atoms with Gasteiger partial charge in [0.05, 0.1) is 11.2 Å². The average Bonchev–Trinajstić information content (AvgIpc) is 3.04. The molecule has 1 aliphatic heterocycles. The molecular weight excluding hydrogens is 262 g/mol. The molecule has 0 aromatic carbocycles. The molecule has 0 saturated carbocycles. The fraction of sp³-hybridized carbons (Fsp3) is 0.529. The van der Waals surface area contributed by atoms with E-state index in [0.717, 1.165) is 31.0 Å². The van der Waals surface area contributed by atoms with E-state index in [-0.39, 0.29) is 5.91 Å². The molecule has 0 spiro atoms. The first-order chi connectivity index (χ1) is 10.1. The summed E-state index contributed by atoms with van der Waals surface area (Å²) in [6.07, 6.45) is 3.72. The third-order valence-corrected chi connectivity index (χ3v) is 4.26. The Bertz CT molecular complexity index is 659. The second kappa shape index (κ2) is 5.51. The molecule has 1 aliphatic rings. The highest BCUT2D eigenvalue weighted by Gasteiger charge is 2.30. The van der Waals surface area contributed by atoms with Crippen molar-refractivity contribution in [2.75, 3.05) is 13.1 Å². The number of nitrogens with zero attached hydrogens (tertiary/aromatic N) is 3. The zero-order valence-corrected chi connectivity index (χ0v) is 13.0. The third kappa shape index (κ3) is 2.67. The number of imidazole rings is 1. The molecule has 0 N–H and O–H groups in total. The van der Waals surface area contributed by atoms with Gasteiger partial charge in [0.25, 0.3) is 0 Å². The maximum Gasteiger partial charge on any atom is 0.222 e. The second-order valence-corrected chi connectivity index (χ2v) is 6.42. The Morgan fingerprint density at radius 3 is 3.00 bits per heavy atom. The molecule has 21 heavy (non-hydrogen) atoms. The fourth-order valence-corrected chi connectivity index (χ4v) is 3.21. The van der Waals surface area contributed by atoms with Gasteiger partial charge in [-0.1, -0.05) is 19.9 Å². The molecule has 0 unspecified atom stereocenters. The number of likely N-dealkylation sites (tertiary alicyclic amines) is 1. The fourth-order valence-electron chi connectivity index (χ4n) is 3.21. The Balaban J connectivity index is 1.81. The van der Waals surface area contributed by atoms with E-state index in [2.05, 4.69) is 36.6 Å². The van der Waals surface area contributed by atoms with Gasteiger partial charge in [0.1, 0.15) is 5.82 Å². The number of hydrogen-bond donors (Lipinski definition) is 0. The largest absolute Gasteiger partial charge is 0.342 e. The Morgan fingerprint density at radius 2 is 2.24 bits per heavy atom. The predicted octanol–water partition coefficient (Wildman–Crippen LogP) is 3.00. The lowest BCUT2D eigenvalue weighted by molar-refractivity contribution is -0.130. The first-order valence-electron chi connectivity index (χ1n) is 7.77. The third-order valence-electron chi connectivity index (χ3n) is 4.26. The lowest BCUT2D eigenvalue weighted by Gasteiger charge is -2.17. The van der Waals surface area contributed by atoms with E-state index in [1.54, 1.807) is 0 Å². The molecule has 1 amide bonds. The van der Waals surface area contributed by atoms with E-state index < -0.39 is 0 Å². The molecule has 0 aliphatic carbocycles. The quantitative estimate of drug-likeness (QED) is 0.869. The van der Waals surface area contributed by atoms with Gasteiger partial charge >= 0.3 is 0 Å². The van der Waals surface area contributed by atoms with Crippen molar-refractivity contribution in [1.82, 2.24) is 14.3 Å². The lowest BCUT2D eigenvalue weighted by Crippen LogP contribution is -2.29. The number of carbonyl (C=O) groups is 1. The van der Waals surface area contributed by atoms with E-state index in [1.807, 2.05) is 17.9 Å². The smallest absolute Gasteiger partial charge is 0.222 e. The van der Waals surface area contributed by atoms with E-state index in [1.165, 1.54) is 5.52 Å². The number of rotatable bonds is 3. The lowest BCUT2D eigenvalue weighted by atomic mass is 10.0. The Hall–Kier alpha value is -1.84. The Morgan fingerprint density at radius 1 is 1.43 bits per heavy atom. The summed E-state index contributed by atoms with van der Waals surface area (Å²) < 4.78 is 2.13. The van der Waals surface area contributed by atoms with E-state index >= 15 is 0 Å². The van der Waals surface area contributed by atoms with Gasteiger partial charge in [0.2, 0.25) is 5.91 Å². The maximum atomic E-state index is 12.2. The van der Waals surface area contributed by atoms with Gasteiger partial charge in [-0.15, -0.1) is 0 Å². The summed E-state index contributed by atoms with van der Waals surface area (Å²) in [6.45, 7) is 7.90. The molecule has 0 radical (unpaired) electrons. The minimum absolute atomic E-state index is 0.285. The molecule has 4 nitrogen and oxygen atoms in total. The SMILES string of the molecule is Cc1nc([C@H]2CCN(C(=O)CC(C)C)C2)c2ccccn12. The van der Waals surface area contributed by atoms with E-state index in [9.17, 15) is 4.79 Å². The number of hydrogen-bond acceptors (Lipinski definition) is 2. The summed E-state index contributed by atoms with van der Waals surface area (Å²) in [5, 5.41) is 0. The highest BCUT2D eigenvalue weighted by Crippen LogP contribution is 2.30. The first-order valence-corrected chi connectivity index (χ1v) is 7.77. The molecule has 4 heteroatoms. The molecule has 1 atom stereocenters. The molecule has 3 rings (SSSR count). The van der Waals surface area contributed by atoms with Crippen molar-refractivity contribution >= 4 is 11.4 Å². The molecule has 3 heterocycles. The van der Waals surface area contributed by atoms with Crippen molar-refractivity contribution in [2.45, 2.75) is 39.5 Å². The van der Waals surface area contributed by atoms with Gasteiger partial charge in [-0.3, -0.25) is 4.79 Å². The van der Waals surface area contributed by atoms with Gasteiger partial charge < -0.3 is 9.30 Å². The highest BCUT2D eigenvalue weighted by atomic mass is 16.2. The van der Waals surface area contributed by atoms with Crippen LogP contribution in [0.5, 0.6) is 0 Å². The van der Waals surface area contributed by atoms with Crippen LogP contribution in [-0.2, 0) is 4.79 Å². The molecular formula is C17H23N3O. The maximum absolute atomic E-state index is 12.2.